The standard InChI is InChI=1S/C24H27N3O4/c1-2-13-31-19-11-9-18(10-12-19)27-15-16(14-22(27)28)23(29)26-21-6-4-3-5-20(21)24(30)25-17-7-8-17/h3-6,9-12,16-17H,2,7-8,13-15H2,1H3,(H,25,30)(H,26,29)/t16-/m1/s1. The molecule has 1 heterocycles. The van der Waals surface area contributed by atoms with Gasteiger partial charge in [-0.3, -0.25) is 14.4 Å². The molecule has 2 fully saturated rings. The molecule has 2 N–H and O–H groups in total. The van der Waals surface area contributed by atoms with Gasteiger partial charge in [-0.25, -0.2) is 0 Å². The van der Waals surface area contributed by atoms with Crippen LogP contribution in [0.5, 0.6) is 5.75 Å². The molecule has 1 atom stereocenters. The van der Waals surface area contributed by atoms with Crippen molar-refractivity contribution in [2.45, 2.75) is 38.6 Å². The van der Waals surface area contributed by atoms with E-state index >= 15 is 0 Å². The van der Waals surface area contributed by atoms with Crippen LogP contribution in [0.3, 0.4) is 0 Å². The van der Waals surface area contributed by atoms with Gasteiger partial charge in [-0.2, -0.15) is 0 Å². The van der Waals surface area contributed by atoms with E-state index in [1.165, 1.54) is 0 Å². The lowest BCUT2D eigenvalue weighted by molar-refractivity contribution is -0.122. The average molecular weight is 421 g/mol. The Bertz CT molecular complexity index is 969. The summed E-state index contributed by atoms with van der Waals surface area (Å²) in [5, 5.41) is 5.80. The molecule has 2 aliphatic rings. The lowest BCUT2D eigenvalue weighted by atomic mass is 10.1. The highest BCUT2D eigenvalue weighted by atomic mass is 16.5. The van der Waals surface area contributed by atoms with Gasteiger partial charge in [0.15, 0.2) is 0 Å². The van der Waals surface area contributed by atoms with Gasteiger partial charge in [-0.1, -0.05) is 19.1 Å². The molecule has 1 aliphatic heterocycles. The van der Waals surface area contributed by atoms with Crippen LogP contribution in [0, 0.1) is 5.92 Å². The van der Waals surface area contributed by atoms with Gasteiger partial charge >= 0.3 is 0 Å². The molecule has 0 bridgehead atoms. The highest BCUT2D eigenvalue weighted by Gasteiger charge is 2.35. The lowest BCUT2D eigenvalue weighted by Gasteiger charge is -2.18. The first kappa shape index (κ1) is 20.9. The van der Waals surface area contributed by atoms with Crippen LogP contribution in [0.1, 0.15) is 43.0 Å². The topological polar surface area (TPSA) is 87.7 Å². The minimum Gasteiger partial charge on any atom is -0.494 e. The van der Waals surface area contributed by atoms with Gasteiger partial charge in [-0.05, 0) is 55.7 Å². The Kier molecular flexibility index (Phi) is 6.21. The van der Waals surface area contributed by atoms with Gasteiger partial charge in [0.1, 0.15) is 5.75 Å². The van der Waals surface area contributed by atoms with Crippen molar-refractivity contribution in [3.8, 4) is 5.75 Å². The minimum absolute atomic E-state index is 0.0952. The molecule has 3 amide bonds. The molecule has 0 unspecified atom stereocenters. The van der Waals surface area contributed by atoms with Gasteiger partial charge in [0.2, 0.25) is 11.8 Å². The summed E-state index contributed by atoms with van der Waals surface area (Å²) in [4.78, 5) is 39.5. The maximum Gasteiger partial charge on any atom is 0.253 e. The zero-order valence-corrected chi connectivity index (χ0v) is 17.6. The summed E-state index contributed by atoms with van der Waals surface area (Å²) in [6, 6.07) is 14.5. The van der Waals surface area contributed by atoms with Crippen molar-refractivity contribution in [2.75, 3.05) is 23.4 Å². The molecule has 7 nitrogen and oxygen atoms in total. The normalized spacial score (nSPS) is 18.0. The molecule has 4 rings (SSSR count). The molecule has 2 aromatic carbocycles. The smallest absolute Gasteiger partial charge is 0.253 e. The van der Waals surface area contributed by atoms with Crippen molar-refractivity contribution in [3.05, 3.63) is 54.1 Å². The number of carbonyl (C=O) groups excluding carboxylic acids is 3. The van der Waals surface area contributed by atoms with Gasteiger partial charge in [0.05, 0.1) is 23.8 Å². The number of ether oxygens (including phenoxy) is 1. The Morgan fingerprint density at radius 3 is 2.55 bits per heavy atom. The van der Waals surface area contributed by atoms with Gasteiger partial charge in [0.25, 0.3) is 5.91 Å². The summed E-state index contributed by atoms with van der Waals surface area (Å²) in [6.45, 7) is 2.99. The van der Waals surface area contributed by atoms with Crippen LogP contribution in [0.25, 0.3) is 0 Å². The van der Waals surface area contributed by atoms with Crippen LogP contribution < -0.4 is 20.3 Å². The van der Waals surface area contributed by atoms with Crippen LogP contribution in [0.4, 0.5) is 11.4 Å². The highest BCUT2D eigenvalue weighted by molar-refractivity contribution is 6.07. The largest absolute Gasteiger partial charge is 0.494 e. The second kappa shape index (κ2) is 9.20. The summed E-state index contributed by atoms with van der Waals surface area (Å²) < 4.78 is 5.58. The fraction of sp³-hybridized carbons (Fsp3) is 0.375. The predicted molar refractivity (Wildman–Crippen MR) is 118 cm³/mol. The molecule has 162 valence electrons. The van der Waals surface area contributed by atoms with Gasteiger partial charge in [-0.15, -0.1) is 0 Å². The first-order valence-corrected chi connectivity index (χ1v) is 10.8. The molecular weight excluding hydrogens is 394 g/mol. The number of hydrogen-bond donors (Lipinski definition) is 2. The maximum atomic E-state index is 12.9. The van der Waals surface area contributed by atoms with E-state index in [4.69, 9.17) is 4.74 Å². The zero-order valence-electron chi connectivity index (χ0n) is 17.6. The van der Waals surface area contributed by atoms with Crippen molar-refractivity contribution in [2.24, 2.45) is 5.92 Å². The molecule has 31 heavy (non-hydrogen) atoms. The van der Waals surface area contributed by atoms with E-state index < -0.39 is 5.92 Å². The third-order valence-electron chi connectivity index (χ3n) is 5.46. The second-order valence-corrected chi connectivity index (χ2v) is 8.03. The number of benzene rings is 2. The van der Waals surface area contributed by atoms with Crippen LogP contribution in [-0.4, -0.2) is 36.9 Å². The summed E-state index contributed by atoms with van der Waals surface area (Å²) in [5.41, 5.74) is 1.65. The van der Waals surface area contributed by atoms with Crippen LogP contribution in [-0.2, 0) is 9.59 Å². The van der Waals surface area contributed by atoms with Crippen molar-refractivity contribution < 1.29 is 19.1 Å². The van der Waals surface area contributed by atoms with Crippen LogP contribution in [0.15, 0.2) is 48.5 Å². The Hall–Kier alpha value is -3.35. The molecule has 0 aromatic heterocycles. The Morgan fingerprint density at radius 2 is 1.84 bits per heavy atom. The molecule has 1 saturated carbocycles. The van der Waals surface area contributed by atoms with Crippen molar-refractivity contribution in [1.29, 1.82) is 0 Å². The summed E-state index contributed by atoms with van der Waals surface area (Å²) in [5.74, 6) is -0.267. The third-order valence-corrected chi connectivity index (χ3v) is 5.46. The predicted octanol–water partition coefficient (Wildman–Crippen LogP) is 3.36. The molecule has 1 aliphatic carbocycles. The quantitative estimate of drug-likeness (QED) is 0.684. The van der Waals surface area contributed by atoms with E-state index in [1.807, 2.05) is 31.2 Å². The number of para-hydroxylation sites is 1. The number of nitrogens with one attached hydrogen (secondary N) is 2. The van der Waals surface area contributed by atoms with E-state index in [0.717, 1.165) is 30.7 Å². The summed E-state index contributed by atoms with van der Waals surface area (Å²) in [6.07, 6.45) is 3.04. The number of rotatable bonds is 8. The van der Waals surface area contributed by atoms with E-state index in [9.17, 15) is 14.4 Å². The molecule has 7 heteroatoms. The second-order valence-electron chi connectivity index (χ2n) is 8.03. The number of carbonyl (C=O) groups is 3. The van der Waals surface area contributed by atoms with E-state index in [0.29, 0.717) is 24.4 Å². The molecular formula is C24H27N3O4. The van der Waals surface area contributed by atoms with E-state index in [2.05, 4.69) is 10.6 Å². The molecule has 0 radical (unpaired) electrons. The lowest BCUT2D eigenvalue weighted by Crippen LogP contribution is -2.30. The molecule has 2 aromatic rings. The van der Waals surface area contributed by atoms with Crippen LogP contribution in [0.2, 0.25) is 0 Å². The first-order chi connectivity index (χ1) is 15.0. The van der Waals surface area contributed by atoms with Gasteiger partial charge < -0.3 is 20.3 Å². The van der Waals surface area contributed by atoms with E-state index in [-0.39, 0.29) is 30.2 Å². The zero-order chi connectivity index (χ0) is 21.8. The summed E-state index contributed by atoms with van der Waals surface area (Å²) >= 11 is 0. The monoisotopic (exact) mass is 421 g/mol. The highest BCUT2D eigenvalue weighted by Crippen LogP contribution is 2.28. The Labute approximate surface area is 181 Å². The molecule has 1 saturated heterocycles. The van der Waals surface area contributed by atoms with Crippen molar-refractivity contribution in [3.63, 3.8) is 0 Å². The summed E-state index contributed by atoms with van der Waals surface area (Å²) in [7, 11) is 0. The van der Waals surface area contributed by atoms with Crippen molar-refractivity contribution >= 4 is 29.1 Å². The van der Waals surface area contributed by atoms with Crippen molar-refractivity contribution in [1.82, 2.24) is 5.32 Å². The first-order valence-electron chi connectivity index (χ1n) is 10.8. The fourth-order valence-electron chi connectivity index (χ4n) is 3.59. The molecule has 0 spiro atoms. The van der Waals surface area contributed by atoms with E-state index in [1.54, 1.807) is 29.2 Å². The Morgan fingerprint density at radius 1 is 1.10 bits per heavy atom. The number of amides is 3. The Balaban J connectivity index is 1.40. The third kappa shape index (κ3) is 5.05. The minimum atomic E-state index is -0.483. The fourth-order valence-corrected chi connectivity index (χ4v) is 3.59. The SMILES string of the molecule is CCCOc1ccc(N2C[C@H](C(=O)Nc3ccccc3C(=O)NC3CC3)CC2=O)cc1. The number of hydrogen-bond acceptors (Lipinski definition) is 4. The average Bonchev–Trinajstić information content (AvgIpc) is 3.51. The van der Waals surface area contributed by atoms with Crippen LogP contribution >= 0.6 is 0 Å². The number of anilines is 2. The number of nitrogens with zero attached hydrogens (tertiary/aromatic N) is 1. The maximum absolute atomic E-state index is 12.9. The van der Waals surface area contributed by atoms with Gasteiger partial charge in [0, 0.05) is 24.7 Å².